The number of rotatable bonds is 4. The van der Waals surface area contributed by atoms with E-state index in [-0.39, 0.29) is 5.97 Å². The molecule has 0 bridgehead atoms. The zero-order chi connectivity index (χ0) is 20.1. The third kappa shape index (κ3) is 2.58. The number of aromatic amines is 1. The predicted octanol–water partition coefficient (Wildman–Crippen LogP) is 3.92. The minimum atomic E-state index is -0.952. The molecule has 0 aliphatic carbocycles. The topological polar surface area (TPSA) is 48.6 Å². The molecule has 3 aromatic rings. The van der Waals surface area contributed by atoms with Crippen LogP contribution in [0, 0.1) is 6.92 Å². The van der Waals surface area contributed by atoms with Crippen LogP contribution in [0.3, 0.4) is 0 Å². The molecule has 0 spiro atoms. The van der Waals surface area contributed by atoms with Gasteiger partial charge in [0.2, 0.25) is 0 Å². The van der Waals surface area contributed by atoms with Gasteiger partial charge in [-0.05, 0) is 37.3 Å². The van der Waals surface area contributed by atoms with Crippen molar-refractivity contribution in [2.75, 3.05) is 38.0 Å². The number of nitrogens with one attached hydrogen (secondary N) is 1. The Morgan fingerprint density at radius 2 is 1.50 bits per heavy atom. The monoisotopic (exact) mass is 375 g/mol. The van der Waals surface area contributed by atoms with E-state index in [4.69, 9.17) is 4.74 Å². The molecule has 5 heteroatoms. The van der Waals surface area contributed by atoms with E-state index in [9.17, 15) is 4.79 Å². The van der Waals surface area contributed by atoms with Crippen molar-refractivity contribution in [1.29, 1.82) is 0 Å². The second-order valence-electron chi connectivity index (χ2n) is 7.65. The van der Waals surface area contributed by atoms with Gasteiger partial charge in [0.15, 0.2) is 5.60 Å². The SMILES string of the molecule is Cc1[nH]ccc1C1(c2ccc(N(C)C)cc2)OC(=O)c2cc(N(C)C)ccc21. The van der Waals surface area contributed by atoms with Crippen LogP contribution >= 0.6 is 0 Å². The summed E-state index contributed by atoms with van der Waals surface area (Å²) in [6.45, 7) is 2.01. The van der Waals surface area contributed by atoms with Gasteiger partial charge in [-0.1, -0.05) is 18.2 Å². The van der Waals surface area contributed by atoms with Crippen LogP contribution in [0.4, 0.5) is 11.4 Å². The highest BCUT2D eigenvalue weighted by molar-refractivity contribution is 5.97. The average molecular weight is 375 g/mol. The summed E-state index contributed by atoms with van der Waals surface area (Å²) in [5.41, 5.74) is 5.48. The Labute approximate surface area is 165 Å². The van der Waals surface area contributed by atoms with Gasteiger partial charge in [0.25, 0.3) is 0 Å². The van der Waals surface area contributed by atoms with Gasteiger partial charge in [0.05, 0.1) is 5.56 Å². The smallest absolute Gasteiger partial charge is 0.340 e. The van der Waals surface area contributed by atoms with Crippen molar-refractivity contribution in [2.45, 2.75) is 12.5 Å². The van der Waals surface area contributed by atoms with E-state index in [0.29, 0.717) is 5.56 Å². The zero-order valence-electron chi connectivity index (χ0n) is 16.9. The number of nitrogens with zero attached hydrogens (tertiary/aromatic N) is 2. The lowest BCUT2D eigenvalue weighted by atomic mass is 9.79. The Morgan fingerprint density at radius 1 is 0.857 bits per heavy atom. The summed E-state index contributed by atoms with van der Waals surface area (Å²) in [5.74, 6) is -0.295. The average Bonchev–Trinajstić information content (AvgIpc) is 3.23. The summed E-state index contributed by atoms with van der Waals surface area (Å²) in [7, 11) is 7.95. The van der Waals surface area contributed by atoms with Crippen LogP contribution in [-0.4, -0.2) is 39.1 Å². The summed E-state index contributed by atoms with van der Waals surface area (Å²) >= 11 is 0. The molecule has 1 N–H and O–H groups in total. The largest absolute Gasteiger partial charge is 0.441 e. The summed E-state index contributed by atoms with van der Waals surface area (Å²) in [6.07, 6.45) is 1.89. The molecule has 1 unspecified atom stereocenters. The number of hydrogen-bond acceptors (Lipinski definition) is 4. The third-order valence-corrected chi connectivity index (χ3v) is 5.49. The van der Waals surface area contributed by atoms with Gasteiger partial charge in [-0.2, -0.15) is 0 Å². The van der Waals surface area contributed by atoms with Crippen LogP contribution in [0.25, 0.3) is 0 Å². The molecule has 1 aliphatic heterocycles. The number of carbonyl (C=O) groups excluding carboxylic acids is 1. The van der Waals surface area contributed by atoms with Crippen molar-refractivity contribution in [3.8, 4) is 0 Å². The highest BCUT2D eigenvalue weighted by Crippen LogP contribution is 2.48. The van der Waals surface area contributed by atoms with Crippen LogP contribution in [0.5, 0.6) is 0 Å². The zero-order valence-corrected chi connectivity index (χ0v) is 16.9. The second kappa shape index (κ2) is 6.44. The van der Waals surface area contributed by atoms with Gasteiger partial charge in [-0.3, -0.25) is 0 Å². The quantitative estimate of drug-likeness (QED) is 0.702. The van der Waals surface area contributed by atoms with Crippen molar-refractivity contribution in [2.24, 2.45) is 0 Å². The van der Waals surface area contributed by atoms with E-state index in [0.717, 1.165) is 33.8 Å². The number of hydrogen-bond donors (Lipinski definition) is 1. The first-order valence-electron chi connectivity index (χ1n) is 9.32. The molecule has 2 aromatic carbocycles. The molecule has 5 nitrogen and oxygen atoms in total. The second-order valence-corrected chi connectivity index (χ2v) is 7.65. The van der Waals surface area contributed by atoms with E-state index in [2.05, 4.69) is 22.0 Å². The molecular weight excluding hydrogens is 350 g/mol. The number of ether oxygens (including phenoxy) is 1. The molecule has 0 saturated carbocycles. The molecule has 0 radical (unpaired) electrons. The third-order valence-electron chi connectivity index (χ3n) is 5.49. The molecule has 1 aromatic heterocycles. The fraction of sp³-hybridized carbons (Fsp3) is 0.261. The first-order valence-corrected chi connectivity index (χ1v) is 9.32. The normalized spacial score (nSPS) is 18.0. The maximum Gasteiger partial charge on any atom is 0.340 e. The summed E-state index contributed by atoms with van der Waals surface area (Å²) in [5, 5.41) is 0. The molecule has 28 heavy (non-hydrogen) atoms. The van der Waals surface area contributed by atoms with Crippen LogP contribution in [-0.2, 0) is 10.3 Å². The Balaban J connectivity index is 1.98. The summed E-state index contributed by atoms with van der Waals surface area (Å²) in [6, 6.07) is 16.2. The predicted molar refractivity (Wildman–Crippen MR) is 112 cm³/mol. The molecule has 0 amide bonds. The number of esters is 1. The van der Waals surface area contributed by atoms with Gasteiger partial charge in [0, 0.05) is 68.1 Å². The molecule has 144 valence electrons. The fourth-order valence-electron chi connectivity index (χ4n) is 3.93. The van der Waals surface area contributed by atoms with E-state index in [1.165, 1.54) is 0 Å². The van der Waals surface area contributed by atoms with Crippen molar-refractivity contribution in [1.82, 2.24) is 4.98 Å². The van der Waals surface area contributed by atoms with Gasteiger partial charge in [0.1, 0.15) is 0 Å². The molecule has 4 rings (SSSR count). The van der Waals surface area contributed by atoms with E-state index >= 15 is 0 Å². The highest BCUT2D eigenvalue weighted by Gasteiger charge is 2.49. The van der Waals surface area contributed by atoms with Crippen molar-refractivity contribution in [3.63, 3.8) is 0 Å². The summed E-state index contributed by atoms with van der Waals surface area (Å²) < 4.78 is 6.17. The lowest BCUT2D eigenvalue weighted by Crippen LogP contribution is -2.30. The van der Waals surface area contributed by atoms with Crippen LogP contribution < -0.4 is 9.80 Å². The van der Waals surface area contributed by atoms with Crippen LogP contribution in [0.15, 0.2) is 54.7 Å². The number of anilines is 2. The van der Waals surface area contributed by atoms with Gasteiger partial charge >= 0.3 is 5.97 Å². The highest BCUT2D eigenvalue weighted by atomic mass is 16.6. The van der Waals surface area contributed by atoms with Gasteiger partial charge < -0.3 is 19.5 Å². The summed E-state index contributed by atoms with van der Waals surface area (Å²) in [4.78, 5) is 20.2. The Kier molecular flexibility index (Phi) is 4.18. The number of cyclic esters (lactones) is 1. The van der Waals surface area contributed by atoms with Crippen LogP contribution in [0.1, 0.15) is 32.7 Å². The lowest BCUT2D eigenvalue weighted by Gasteiger charge is -2.30. The van der Waals surface area contributed by atoms with E-state index in [1.54, 1.807) is 0 Å². The first-order chi connectivity index (χ1) is 13.3. The number of H-pyrrole nitrogens is 1. The molecule has 1 aliphatic rings. The molecule has 0 saturated heterocycles. The minimum absolute atomic E-state index is 0.295. The Bertz CT molecular complexity index is 1030. The van der Waals surface area contributed by atoms with Crippen molar-refractivity contribution >= 4 is 17.3 Å². The maximum atomic E-state index is 13.0. The minimum Gasteiger partial charge on any atom is -0.441 e. The maximum absolute atomic E-state index is 13.0. The lowest BCUT2D eigenvalue weighted by molar-refractivity contribution is 0.0250. The van der Waals surface area contributed by atoms with Crippen LogP contribution in [0.2, 0.25) is 0 Å². The Hall–Kier alpha value is -3.21. The van der Waals surface area contributed by atoms with Gasteiger partial charge in [-0.25, -0.2) is 4.79 Å². The number of fused-ring (bicyclic) bond motifs is 1. The molecular formula is C23H25N3O2. The number of aromatic nitrogens is 1. The van der Waals surface area contributed by atoms with Gasteiger partial charge in [-0.15, -0.1) is 0 Å². The van der Waals surface area contributed by atoms with Crippen molar-refractivity contribution < 1.29 is 9.53 Å². The Morgan fingerprint density at radius 3 is 2.07 bits per heavy atom. The number of aryl methyl sites for hydroxylation is 1. The molecule has 1 atom stereocenters. The molecule has 2 heterocycles. The number of carbonyl (C=O) groups is 1. The van der Waals surface area contributed by atoms with Crippen molar-refractivity contribution in [3.05, 3.63) is 82.7 Å². The first kappa shape index (κ1) is 18.2. The molecule has 0 fully saturated rings. The van der Waals surface area contributed by atoms with E-state index in [1.807, 2.05) is 82.6 Å². The number of benzene rings is 2. The van der Waals surface area contributed by atoms with E-state index < -0.39 is 5.60 Å². The standard InChI is InChI=1S/C23H25N3O2/c1-15-20(12-13-24-15)23(16-6-8-17(9-7-16)25(2)3)21-11-10-18(26(4)5)14-19(21)22(27)28-23/h6-14,24H,1-5H3. The fourth-order valence-corrected chi connectivity index (χ4v) is 3.93.